The molecular weight excluding hydrogens is 300 g/mol. The van der Waals surface area contributed by atoms with Gasteiger partial charge in [0.15, 0.2) is 5.82 Å². The second-order valence-corrected chi connectivity index (χ2v) is 6.89. The highest BCUT2D eigenvalue weighted by molar-refractivity contribution is 5.47. The predicted molar refractivity (Wildman–Crippen MR) is 94.3 cm³/mol. The SMILES string of the molecule is Cc1ccc(N2CC(CNc3ncnc4c3CCCCC4)C2)nn1. The average Bonchev–Trinajstić information content (AvgIpc) is 2.81. The lowest BCUT2D eigenvalue weighted by Gasteiger charge is -2.40. The highest BCUT2D eigenvalue weighted by atomic mass is 15.3. The number of fused-ring (bicyclic) bond motifs is 1. The van der Waals surface area contributed by atoms with Gasteiger partial charge in [0, 0.05) is 36.8 Å². The topological polar surface area (TPSA) is 66.8 Å². The van der Waals surface area contributed by atoms with Crippen molar-refractivity contribution >= 4 is 11.6 Å². The van der Waals surface area contributed by atoms with Crippen molar-refractivity contribution in [3.63, 3.8) is 0 Å². The summed E-state index contributed by atoms with van der Waals surface area (Å²) in [6.07, 6.45) is 7.70. The molecule has 0 radical (unpaired) electrons. The quantitative estimate of drug-likeness (QED) is 0.871. The summed E-state index contributed by atoms with van der Waals surface area (Å²) in [5, 5.41) is 12.0. The minimum absolute atomic E-state index is 0.629. The number of nitrogens with zero attached hydrogens (tertiary/aromatic N) is 5. The number of nitrogens with one attached hydrogen (secondary N) is 1. The Bertz CT molecular complexity index is 693. The maximum Gasteiger partial charge on any atom is 0.151 e. The normalized spacial score (nSPS) is 17.8. The molecule has 3 heterocycles. The lowest BCUT2D eigenvalue weighted by molar-refractivity contribution is 0.425. The zero-order valence-corrected chi connectivity index (χ0v) is 14.2. The molecule has 2 aromatic rings. The number of aryl methyl sites for hydroxylation is 2. The van der Waals surface area contributed by atoms with Gasteiger partial charge in [-0.3, -0.25) is 0 Å². The molecule has 0 atom stereocenters. The van der Waals surface area contributed by atoms with Crippen LogP contribution in [-0.4, -0.2) is 39.8 Å². The van der Waals surface area contributed by atoms with Crippen LogP contribution in [0.4, 0.5) is 11.6 Å². The van der Waals surface area contributed by atoms with Crippen LogP contribution in [0.15, 0.2) is 18.5 Å². The van der Waals surface area contributed by atoms with Crippen molar-refractivity contribution in [3.05, 3.63) is 35.4 Å². The summed E-state index contributed by atoms with van der Waals surface area (Å²) in [5.41, 5.74) is 3.55. The Morgan fingerprint density at radius 3 is 2.79 bits per heavy atom. The summed E-state index contributed by atoms with van der Waals surface area (Å²) in [6, 6.07) is 4.07. The molecule has 24 heavy (non-hydrogen) atoms. The third kappa shape index (κ3) is 3.18. The fourth-order valence-electron chi connectivity index (χ4n) is 3.54. The van der Waals surface area contributed by atoms with Gasteiger partial charge in [0.25, 0.3) is 0 Å². The minimum Gasteiger partial charge on any atom is -0.369 e. The van der Waals surface area contributed by atoms with Crippen molar-refractivity contribution in [2.75, 3.05) is 29.9 Å². The molecule has 6 nitrogen and oxygen atoms in total. The minimum atomic E-state index is 0.629. The van der Waals surface area contributed by atoms with E-state index in [1.807, 2.05) is 13.0 Å². The maximum atomic E-state index is 4.49. The van der Waals surface area contributed by atoms with Crippen molar-refractivity contribution in [2.45, 2.75) is 39.0 Å². The van der Waals surface area contributed by atoms with Crippen LogP contribution in [-0.2, 0) is 12.8 Å². The zero-order chi connectivity index (χ0) is 16.4. The summed E-state index contributed by atoms with van der Waals surface area (Å²) >= 11 is 0. The molecule has 1 aliphatic carbocycles. The largest absolute Gasteiger partial charge is 0.369 e. The van der Waals surface area contributed by atoms with E-state index in [1.165, 1.54) is 30.5 Å². The monoisotopic (exact) mass is 324 g/mol. The number of aromatic nitrogens is 4. The van der Waals surface area contributed by atoms with E-state index < -0.39 is 0 Å². The number of hydrogen-bond acceptors (Lipinski definition) is 6. The molecule has 4 rings (SSSR count). The Labute approximate surface area is 142 Å². The van der Waals surface area contributed by atoms with Gasteiger partial charge in [-0.1, -0.05) is 6.42 Å². The van der Waals surface area contributed by atoms with Crippen LogP contribution in [0.2, 0.25) is 0 Å². The van der Waals surface area contributed by atoms with Gasteiger partial charge in [-0.15, -0.1) is 5.10 Å². The van der Waals surface area contributed by atoms with Crippen LogP contribution in [0.25, 0.3) is 0 Å². The van der Waals surface area contributed by atoms with E-state index in [-0.39, 0.29) is 0 Å². The van der Waals surface area contributed by atoms with Gasteiger partial charge in [0.2, 0.25) is 0 Å². The third-order valence-electron chi connectivity index (χ3n) is 5.00. The molecule has 2 aromatic heterocycles. The van der Waals surface area contributed by atoms with Crippen molar-refractivity contribution in [1.29, 1.82) is 0 Å². The van der Waals surface area contributed by atoms with Gasteiger partial charge in [0.05, 0.1) is 5.69 Å². The van der Waals surface area contributed by atoms with E-state index in [1.54, 1.807) is 6.33 Å². The summed E-state index contributed by atoms with van der Waals surface area (Å²) in [7, 11) is 0. The smallest absolute Gasteiger partial charge is 0.151 e. The van der Waals surface area contributed by atoms with E-state index in [4.69, 9.17) is 0 Å². The molecular formula is C18H24N6. The molecule has 2 aliphatic rings. The van der Waals surface area contributed by atoms with Crippen molar-refractivity contribution in [2.24, 2.45) is 5.92 Å². The van der Waals surface area contributed by atoms with Crippen LogP contribution in [0.1, 0.15) is 36.2 Å². The first-order valence-electron chi connectivity index (χ1n) is 8.91. The summed E-state index contributed by atoms with van der Waals surface area (Å²) in [6.45, 7) is 4.97. The Kier molecular flexibility index (Phi) is 4.28. The first-order valence-corrected chi connectivity index (χ1v) is 8.91. The highest BCUT2D eigenvalue weighted by Crippen LogP contribution is 2.26. The van der Waals surface area contributed by atoms with Crippen LogP contribution in [0.5, 0.6) is 0 Å². The zero-order valence-electron chi connectivity index (χ0n) is 14.2. The third-order valence-corrected chi connectivity index (χ3v) is 5.00. The molecule has 0 amide bonds. The second kappa shape index (κ2) is 6.71. The number of rotatable bonds is 4. The van der Waals surface area contributed by atoms with Crippen LogP contribution < -0.4 is 10.2 Å². The molecule has 0 spiro atoms. The van der Waals surface area contributed by atoms with Gasteiger partial charge < -0.3 is 10.2 Å². The molecule has 6 heteroatoms. The molecule has 1 N–H and O–H groups in total. The molecule has 0 bridgehead atoms. The van der Waals surface area contributed by atoms with E-state index >= 15 is 0 Å². The maximum absolute atomic E-state index is 4.49. The standard InChI is InChI=1S/C18H24N6/c1-13-7-8-17(23-22-13)24-10-14(11-24)9-19-18-15-5-3-2-4-6-16(15)20-12-21-18/h7-8,12,14H,2-6,9-11H2,1H3,(H,19,20,21). The van der Waals surface area contributed by atoms with E-state index in [0.29, 0.717) is 5.92 Å². The Morgan fingerprint density at radius 2 is 1.96 bits per heavy atom. The van der Waals surface area contributed by atoms with Crippen LogP contribution >= 0.6 is 0 Å². The van der Waals surface area contributed by atoms with Gasteiger partial charge in [-0.05, 0) is 44.7 Å². The molecule has 0 aromatic carbocycles. The molecule has 1 saturated heterocycles. The van der Waals surface area contributed by atoms with Crippen molar-refractivity contribution < 1.29 is 0 Å². The Balaban J connectivity index is 1.33. The lowest BCUT2D eigenvalue weighted by atomic mass is 10.00. The lowest BCUT2D eigenvalue weighted by Crippen LogP contribution is -2.50. The van der Waals surface area contributed by atoms with E-state index in [0.717, 1.165) is 49.8 Å². The molecule has 1 aliphatic heterocycles. The molecule has 1 fully saturated rings. The van der Waals surface area contributed by atoms with Crippen LogP contribution in [0, 0.1) is 12.8 Å². The van der Waals surface area contributed by atoms with Crippen molar-refractivity contribution in [1.82, 2.24) is 20.2 Å². The first kappa shape index (κ1) is 15.3. The molecule has 126 valence electrons. The summed E-state index contributed by atoms with van der Waals surface area (Å²) < 4.78 is 0. The molecule has 0 saturated carbocycles. The van der Waals surface area contributed by atoms with E-state index in [9.17, 15) is 0 Å². The summed E-state index contributed by atoms with van der Waals surface area (Å²) in [5.74, 6) is 2.66. The van der Waals surface area contributed by atoms with Gasteiger partial charge in [0.1, 0.15) is 12.1 Å². The van der Waals surface area contributed by atoms with Gasteiger partial charge in [-0.2, -0.15) is 5.10 Å². The highest BCUT2D eigenvalue weighted by Gasteiger charge is 2.28. The van der Waals surface area contributed by atoms with Crippen LogP contribution in [0.3, 0.4) is 0 Å². The van der Waals surface area contributed by atoms with Gasteiger partial charge >= 0.3 is 0 Å². The fraction of sp³-hybridized carbons (Fsp3) is 0.556. The van der Waals surface area contributed by atoms with Gasteiger partial charge in [-0.25, -0.2) is 9.97 Å². The predicted octanol–water partition coefficient (Wildman–Crippen LogP) is 2.39. The Morgan fingerprint density at radius 1 is 1.08 bits per heavy atom. The average molecular weight is 324 g/mol. The Hall–Kier alpha value is -2.24. The van der Waals surface area contributed by atoms with E-state index in [2.05, 4.69) is 36.4 Å². The molecule has 0 unspecified atom stereocenters. The van der Waals surface area contributed by atoms with Crippen molar-refractivity contribution in [3.8, 4) is 0 Å². The number of hydrogen-bond donors (Lipinski definition) is 1. The summed E-state index contributed by atoms with van der Waals surface area (Å²) in [4.78, 5) is 11.3. The first-order chi connectivity index (χ1) is 11.8. The fourth-order valence-corrected chi connectivity index (χ4v) is 3.54. The number of anilines is 2. The second-order valence-electron chi connectivity index (χ2n) is 6.89.